The zero-order chi connectivity index (χ0) is 8.55. The maximum absolute atomic E-state index is 10.8. The molecule has 0 aliphatic heterocycles. The van der Waals surface area contributed by atoms with E-state index in [4.69, 9.17) is 10.2 Å². The van der Waals surface area contributed by atoms with Gasteiger partial charge in [-0.3, -0.25) is 4.79 Å². The average Bonchev–Trinajstić information content (AvgIpc) is 2.47. The average molecular weight is 161 g/mol. The summed E-state index contributed by atoms with van der Waals surface area (Å²) in [5, 5.41) is 1.66. The van der Waals surface area contributed by atoms with E-state index in [1.54, 1.807) is 6.07 Å². The molecule has 3 nitrogen and oxygen atoms in total. The SMILES string of the molecule is NC(=O)c1occ2ccccc12. The zero-order valence-corrected chi connectivity index (χ0v) is 6.28. The van der Waals surface area contributed by atoms with Crippen molar-refractivity contribution in [3.05, 3.63) is 36.3 Å². The second-order valence-corrected chi connectivity index (χ2v) is 2.52. The van der Waals surface area contributed by atoms with E-state index in [0.29, 0.717) is 0 Å². The molecule has 60 valence electrons. The van der Waals surface area contributed by atoms with Crippen LogP contribution in [0, 0.1) is 0 Å². The Morgan fingerprint density at radius 2 is 2.08 bits per heavy atom. The van der Waals surface area contributed by atoms with E-state index in [2.05, 4.69) is 0 Å². The molecule has 3 heteroatoms. The van der Waals surface area contributed by atoms with Crippen LogP contribution in [0.5, 0.6) is 0 Å². The molecule has 0 radical (unpaired) electrons. The minimum Gasteiger partial charge on any atom is -0.458 e. The van der Waals surface area contributed by atoms with Crippen molar-refractivity contribution in [2.45, 2.75) is 0 Å². The van der Waals surface area contributed by atoms with Gasteiger partial charge in [-0.05, 0) is 0 Å². The Labute approximate surface area is 68.8 Å². The summed E-state index contributed by atoms with van der Waals surface area (Å²) in [5.74, 6) is -0.304. The molecule has 2 aromatic rings. The van der Waals surface area contributed by atoms with Crippen LogP contribution in [0.15, 0.2) is 34.9 Å². The number of hydrogen-bond donors (Lipinski definition) is 1. The topological polar surface area (TPSA) is 56.2 Å². The minimum atomic E-state index is -0.531. The molecule has 2 N–H and O–H groups in total. The Balaban J connectivity index is 2.79. The lowest BCUT2D eigenvalue weighted by molar-refractivity contribution is 0.0976. The molecule has 0 saturated heterocycles. The molecule has 1 aromatic heterocycles. The molecule has 1 amide bonds. The molecule has 0 spiro atoms. The van der Waals surface area contributed by atoms with Crippen molar-refractivity contribution in [3.63, 3.8) is 0 Å². The van der Waals surface area contributed by atoms with Gasteiger partial charge in [0, 0.05) is 10.8 Å². The van der Waals surface area contributed by atoms with Crippen LogP contribution in [0.4, 0.5) is 0 Å². The van der Waals surface area contributed by atoms with E-state index in [0.717, 1.165) is 10.8 Å². The molecule has 0 bridgehead atoms. The van der Waals surface area contributed by atoms with Gasteiger partial charge >= 0.3 is 0 Å². The summed E-state index contributed by atoms with van der Waals surface area (Å²) in [7, 11) is 0. The number of furan rings is 1. The number of benzene rings is 1. The molecule has 1 heterocycles. The number of amides is 1. The Kier molecular flexibility index (Phi) is 1.37. The van der Waals surface area contributed by atoms with Gasteiger partial charge in [0.25, 0.3) is 5.91 Å². The number of carbonyl (C=O) groups excluding carboxylic acids is 1. The van der Waals surface area contributed by atoms with Gasteiger partial charge in [-0.15, -0.1) is 0 Å². The Morgan fingerprint density at radius 3 is 2.83 bits per heavy atom. The number of hydrogen-bond acceptors (Lipinski definition) is 2. The van der Waals surface area contributed by atoms with Gasteiger partial charge < -0.3 is 10.2 Å². The smallest absolute Gasteiger partial charge is 0.285 e. The molecule has 12 heavy (non-hydrogen) atoms. The third-order valence-electron chi connectivity index (χ3n) is 1.73. The highest BCUT2D eigenvalue weighted by Gasteiger charge is 2.09. The van der Waals surface area contributed by atoms with Crippen molar-refractivity contribution in [3.8, 4) is 0 Å². The van der Waals surface area contributed by atoms with Gasteiger partial charge in [0.15, 0.2) is 5.76 Å². The number of primary amides is 1. The maximum atomic E-state index is 10.8. The molecular formula is C9H7NO2. The van der Waals surface area contributed by atoms with Crippen molar-refractivity contribution in [1.82, 2.24) is 0 Å². The largest absolute Gasteiger partial charge is 0.458 e. The predicted molar refractivity (Wildman–Crippen MR) is 44.7 cm³/mol. The predicted octanol–water partition coefficient (Wildman–Crippen LogP) is 1.53. The van der Waals surface area contributed by atoms with E-state index in [9.17, 15) is 4.79 Å². The van der Waals surface area contributed by atoms with Crippen LogP contribution in [0.3, 0.4) is 0 Å². The van der Waals surface area contributed by atoms with Crippen LogP contribution >= 0.6 is 0 Å². The van der Waals surface area contributed by atoms with Crippen molar-refractivity contribution < 1.29 is 9.21 Å². The number of rotatable bonds is 1. The van der Waals surface area contributed by atoms with Crippen molar-refractivity contribution in [2.75, 3.05) is 0 Å². The van der Waals surface area contributed by atoms with Gasteiger partial charge in [-0.25, -0.2) is 0 Å². The third kappa shape index (κ3) is 0.871. The fourth-order valence-corrected chi connectivity index (χ4v) is 1.18. The van der Waals surface area contributed by atoms with Gasteiger partial charge in [0.2, 0.25) is 0 Å². The van der Waals surface area contributed by atoms with Crippen LogP contribution < -0.4 is 5.73 Å². The summed E-state index contributed by atoms with van der Waals surface area (Å²) in [6, 6.07) is 7.39. The lowest BCUT2D eigenvalue weighted by atomic mass is 10.2. The highest BCUT2D eigenvalue weighted by molar-refractivity contribution is 6.03. The van der Waals surface area contributed by atoms with Crippen LogP contribution in [-0.4, -0.2) is 5.91 Å². The summed E-state index contributed by atoms with van der Waals surface area (Å²) in [4.78, 5) is 10.8. The van der Waals surface area contributed by atoms with E-state index in [-0.39, 0.29) is 5.76 Å². The number of fused-ring (bicyclic) bond motifs is 1. The second-order valence-electron chi connectivity index (χ2n) is 2.52. The van der Waals surface area contributed by atoms with Crippen molar-refractivity contribution >= 4 is 16.7 Å². The number of carbonyl (C=O) groups is 1. The van der Waals surface area contributed by atoms with Gasteiger partial charge in [-0.1, -0.05) is 24.3 Å². The van der Waals surface area contributed by atoms with Crippen LogP contribution in [-0.2, 0) is 0 Å². The first-order valence-electron chi connectivity index (χ1n) is 3.55. The van der Waals surface area contributed by atoms with Gasteiger partial charge in [-0.2, -0.15) is 0 Å². The first-order chi connectivity index (χ1) is 5.79. The first-order valence-corrected chi connectivity index (χ1v) is 3.55. The molecule has 0 saturated carbocycles. The first kappa shape index (κ1) is 6.91. The zero-order valence-electron chi connectivity index (χ0n) is 6.28. The summed E-state index contributed by atoms with van der Waals surface area (Å²) >= 11 is 0. The van der Waals surface area contributed by atoms with Crippen LogP contribution in [0.2, 0.25) is 0 Å². The maximum Gasteiger partial charge on any atom is 0.285 e. The molecule has 1 aromatic carbocycles. The Hall–Kier alpha value is -1.77. The lowest BCUT2D eigenvalue weighted by Crippen LogP contribution is -2.09. The number of nitrogens with two attached hydrogens (primary N) is 1. The molecular weight excluding hydrogens is 154 g/mol. The van der Waals surface area contributed by atoms with Crippen LogP contribution in [0.25, 0.3) is 10.8 Å². The molecule has 0 aliphatic rings. The highest BCUT2D eigenvalue weighted by atomic mass is 16.3. The normalized spacial score (nSPS) is 10.3. The van der Waals surface area contributed by atoms with E-state index >= 15 is 0 Å². The highest BCUT2D eigenvalue weighted by Crippen LogP contribution is 2.19. The fourth-order valence-electron chi connectivity index (χ4n) is 1.18. The van der Waals surface area contributed by atoms with Crippen molar-refractivity contribution in [1.29, 1.82) is 0 Å². The van der Waals surface area contributed by atoms with E-state index in [1.807, 2.05) is 18.2 Å². The monoisotopic (exact) mass is 161 g/mol. The molecule has 0 fully saturated rings. The molecule has 0 aliphatic carbocycles. The standard InChI is InChI=1S/C9H7NO2/c10-9(11)8-7-4-2-1-3-6(7)5-12-8/h1-5H,(H2,10,11). The lowest BCUT2D eigenvalue weighted by Gasteiger charge is -1.88. The summed E-state index contributed by atoms with van der Waals surface area (Å²) < 4.78 is 5.00. The minimum absolute atomic E-state index is 0.227. The van der Waals surface area contributed by atoms with Gasteiger partial charge in [0.05, 0.1) is 6.26 Å². The summed E-state index contributed by atoms with van der Waals surface area (Å²) in [5.41, 5.74) is 5.09. The second kappa shape index (κ2) is 2.37. The van der Waals surface area contributed by atoms with E-state index in [1.165, 1.54) is 6.26 Å². The van der Waals surface area contributed by atoms with Gasteiger partial charge in [0.1, 0.15) is 0 Å². The molecule has 0 atom stereocenters. The third-order valence-corrected chi connectivity index (χ3v) is 1.73. The molecule has 0 unspecified atom stereocenters. The fraction of sp³-hybridized carbons (Fsp3) is 0. The molecule has 2 rings (SSSR count). The van der Waals surface area contributed by atoms with E-state index < -0.39 is 5.91 Å². The summed E-state index contributed by atoms with van der Waals surface area (Å²) in [6.45, 7) is 0. The quantitative estimate of drug-likeness (QED) is 0.689. The summed E-state index contributed by atoms with van der Waals surface area (Å²) in [6.07, 6.45) is 1.52. The Bertz CT molecular complexity index is 431. The van der Waals surface area contributed by atoms with Crippen molar-refractivity contribution in [2.24, 2.45) is 5.73 Å². The Morgan fingerprint density at radius 1 is 1.33 bits per heavy atom. The van der Waals surface area contributed by atoms with Crippen LogP contribution in [0.1, 0.15) is 10.6 Å².